The van der Waals surface area contributed by atoms with Crippen LogP contribution in [-0.2, 0) is 0 Å². The Kier molecular flexibility index (Phi) is 4.66. The maximum absolute atomic E-state index is 4.25. The monoisotopic (exact) mass is 275 g/mol. The molecule has 0 saturated carbocycles. The van der Waals surface area contributed by atoms with Gasteiger partial charge in [-0.3, -0.25) is 0 Å². The fourth-order valence-electron chi connectivity index (χ4n) is 2.25. The molecule has 0 saturated heterocycles. The molecule has 4 heteroatoms. The average Bonchev–Trinajstić information content (AvgIpc) is 2.89. The van der Waals surface area contributed by atoms with Crippen molar-refractivity contribution in [2.45, 2.75) is 40.2 Å². The van der Waals surface area contributed by atoms with Crippen molar-refractivity contribution in [3.8, 4) is 0 Å². The van der Waals surface area contributed by atoms with Gasteiger partial charge in [0.05, 0.1) is 11.7 Å². The molecule has 0 aliphatic heterocycles. The molecule has 1 heterocycles. The van der Waals surface area contributed by atoms with Crippen molar-refractivity contribution >= 4 is 11.5 Å². The number of nitrogens with one attached hydrogen (secondary N) is 1. The van der Waals surface area contributed by atoms with Gasteiger partial charge in [0.25, 0.3) is 0 Å². The summed E-state index contributed by atoms with van der Waals surface area (Å²) >= 11 is 1.41. The average molecular weight is 275 g/mol. The lowest BCUT2D eigenvalue weighted by molar-refractivity contribution is 0.582. The Labute approximate surface area is 119 Å². The van der Waals surface area contributed by atoms with Gasteiger partial charge in [-0.05, 0) is 67.5 Å². The number of rotatable bonds is 5. The summed E-state index contributed by atoms with van der Waals surface area (Å²) in [5.74, 6) is 0. The fraction of sp³-hybridized carbons (Fsp3) is 0.467. The minimum absolute atomic E-state index is 0.151. The van der Waals surface area contributed by atoms with Crippen molar-refractivity contribution in [1.82, 2.24) is 14.9 Å². The van der Waals surface area contributed by atoms with Gasteiger partial charge in [0.2, 0.25) is 0 Å². The zero-order valence-electron chi connectivity index (χ0n) is 12.0. The van der Waals surface area contributed by atoms with Crippen molar-refractivity contribution in [3.05, 3.63) is 45.5 Å². The van der Waals surface area contributed by atoms with Crippen LogP contribution < -0.4 is 5.32 Å². The first-order valence-electron chi connectivity index (χ1n) is 6.71. The summed E-state index contributed by atoms with van der Waals surface area (Å²) in [5, 5.41) is 9.85. The first-order chi connectivity index (χ1) is 9.13. The third-order valence-corrected chi connectivity index (χ3v) is 3.99. The predicted octanol–water partition coefficient (Wildman–Crippen LogP) is 3.55. The van der Waals surface area contributed by atoms with Crippen LogP contribution in [0.3, 0.4) is 0 Å². The summed E-state index contributed by atoms with van der Waals surface area (Å²) in [6, 6.07) is 4.68. The molecule has 0 bridgehead atoms. The summed E-state index contributed by atoms with van der Waals surface area (Å²) < 4.78 is 4.00. The highest BCUT2D eigenvalue weighted by Gasteiger charge is 2.18. The molecule has 0 aliphatic rings. The fourth-order valence-corrected chi connectivity index (χ4v) is 2.73. The first-order valence-corrected chi connectivity index (χ1v) is 7.55. The second-order valence-corrected chi connectivity index (χ2v) is 5.62. The van der Waals surface area contributed by atoms with Crippen molar-refractivity contribution in [2.75, 3.05) is 6.54 Å². The molecule has 1 unspecified atom stereocenters. The van der Waals surface area contributed by atoms with Crippen LogP contribution in [0.4, 0.5) is 0 Å². The van der Waals surface area contributed by atoms with Gasteiger partial charge in [0.15, 0.2) is 0 Å². The van der Waals surface area contributed by atoms with Gasteiger partial charge in [-0.1, -0.05) is 23.5 Å². The van der Waals surface area contributed by atoms with Gasteiger partial charge >= 0.3 is 0 Å². The number of hydrogen-bond acceptors (Lipinski definition) is 4. The van der Waals surface area contributed by atoms with Crippen LogP contribution in [-0.4, -0.2) is 16.1 Å². The quantitative estimate of drug-likeness (QED) is 0.906. The highest BCUT2D eigenvalue weighted by molar-refractivity contribution is 7.03. The molecule has 1 N–H and O–H groups in total. The molecule has 2 rings (SSSR count). The van der Waals surface area contributed by atoms with Crippen LogP contribution in [0.2, 0.25) is 0 Å². The van der Waals surface area contributed by atoms with E-state index in [4.69, 9.17) is 0 Å². The van der Waals surface area contributed by atoms with E-state index in [1.807, 2.05) is 5.38 Å². The molecule has 0 radical (unpaired) electrons. The van der Waals surface area contributed by atoms with Gasteiger partial charge in [0, 0.05) is 5.38 Å². The second-order valence-electron chi connectivity index (χ2n) is 5.01. The number of aryl methyl sites for hydroxylation is 3. The normalized spacial score (nSPS) is 12.6. The van der Waals surface area contributed by atoms with Crippen LogP contribution in [0.15, 0.2) is 17.5 Å². The predicted molar refractivity (Wildman–Crippen MR) is 80.7 cm³/mol. The van der Waals surface area contributed by atoms with Gasteiger partial charge in [-0.15, -0.1) is 5.10 Å². The maximum atomic E-state index is 4.25. The van der Waals surface area contributed by atoms with Gasteiger partial charge in [-0.2, -0.15) is 0 Å². The SMILES string of the molecule is CCCNC(c1csnn1)c1cc(C)c(C)cc1C. The smallest absolute Gasteiger partial charge is 0.0970 e. The molecule has 2 aromatic rings. The largest absolute Gasteiger partial charge is 0.305 e. The lowest BCUT2D eigenvalue weighted by Gasteiger charge is -2.20. The number of nitrogens with zero attached hydrogens (tertiary/aromatic N) is 2. The summed E-state index contributed by atoms with van der Waals surface area (Å²) in [5.41, 5.74) is 6.30. The highest BCUT2D eigenvalue weighted by atomic mass is 32.1. The Morgan fingerprint density at radius 3 is 2.53 bits per heavy atom. The van der Waals surface area contributed by atoms with Crippen LogP contribution in [0.5, 0.6) is 0 Å². The summed E-state index contributed by atoms with van der Waals surface area (Å²) in [6.45, 7) is 9.65. The Morgan fingerprint density at radius 1 is 1.16 bits per heavy atom. The highest BCUT2D eigenvalue weighted by Crippen LogP contribution is 2.26. The van der Waals surface area contributed by atoms with Crippen LogP contribution >= 0.6 is 11.5 Å². The van der Waals surface area contributed by atoms with E-state index < -0.39 is 0 Å². The number of aromatic nitrogens is 2. The molecule has 0 fully saturated rings. The van der Waals surface area contributed by atoms with E-state index in [1.54, 1.807) is 0 Å². The molecule has 1 atom stereocenters. The lowest BCUT2D eigenvalue weighted by Crippen LogP contribution is -2.24. The van der Waals surface area contributed by atoms with E-state index in [0.717, 1.165) is 18.7 Å². The van der Waals surface area contributed by atoms with Gasteiger partial charge < -0.3 is 5.32 Å². The molecule has 3 nitrogen and oxygen atoms in total. The molecule has 0 spiro atoms. The van der Waals surface area contributed by atoms with Crippen molar-refractivity contribution < 1.29 is 0 Å². The number of hydrogen-bond donors (Lipinski definition) is 1. The zero-order valence-corrected chi connectivity index (χ0v) is 12.8. The maximum Gasteiger partial charge on any atom is 0.0970 e. The van der Waals surface area contributed by atoms with E-state index in [2.05, 4.69) is 54.7 Å². The summed E-state index contributed by atoms with van der Waals surface area (Å²) in [6.07, 6.45) is 1.11. The van der Waals surface area contributed by atoms with Crippen LogP contribution in [0.1, 0.15) is 47.3 Å². The summed E-state index contributed by atoms with van der Waals surface area (Å²) in [4.78, 5) is 0. The topological polar surface area (TPSA) is 37.8 Å². The van der Waals surface area contributed by atoms with E-state index in [9.17, 15) is 0 Å². The lowest BCUT2D eigenvalue weighted by atomic mass is 9.94. The molecule has 1 aromatic heterocycles. The van der Waals surface area contributed by atoms with Crippen LogP contribution in [0, 0.1) is 20.8 Å². The minimum atomic E-state index is 0.151. The minimum Gasteiger partial charge on any atom is -0.305 e. The third kappa shape index (κ3) is 3.19. The molecule has 0 amide bonds. The molecule has 1 aromatic carbocycles. The first kappa shape index (κ1) is 14.2. The van der Waals surface area contributed by atoms with E-state index in [1.165, 1.54) is 33.8 Å². The Morgan fingerprint density at radius 2 is 1.89 bits per heavy atom. The molecule has 102 valence electrons. The van der Waals surface area contributed by atoms with E-state index in [-0.39, 0.29) is 6.04 Å². The van der Waals surface area contributed by atoms with E-state index in [0.29, 0.717) is 0 Å². The molecule has 0 aliphatic carbocycles. The van der Waals surface area contributed by atoms with Gasteiger partial charge in [0.1, 0.15) is 0 Å². The van der Waals surface area contributed by atoms with Crippen molar-refractivity contribution in [3.63, 3.8) is 0 Å². The second kappa shape index (κ2) is 6.26. The molecular formula is C15H21N3S. The summed E-state index contributed by atoms with van der Waals surface area (Å²) in [7, 11) is 0. The van der Waals surface area contributed by atoms with Crippen molar-refractivity contribution in [2.24, 2.45) is 0 Å². The third-order valence-electron chi connectivity index (χ3n) is 3.46. The van der Waals surface area contributed by atoms with Gasteiger partial charge in [-0.25, -0.2) is 0 Å². The van der Waals surface area contributed by atoms with Crippen molar-refractivity contribution in [1.29, 1.82) is 0 Å². The molecule has 19 heavy (non-hydrogen) atoms. The zero-order chi connectivity index (χ0) is 13.8. The molecular weight excluding hydrogens is 254 g/mol. The van der Waals surface area contributed by atoms with E-state index >= 15 is 0 Å². The Bertz CT molecular complexity index is 535. The standard InChI is InChI=1S/C15H21N3S/c1-5-6-16-15(14-9-19-18-17-14)13-8-11(3)10(2)7-12(13)4/h7-9,15-16H,5-6H2,1-4H3. The Hall–Kier alpha value is -1.26. The van der Waals surface area contributed by atoms with Crippen LogP contribution in [0.25, 0.3) is 0 Å². The number of benzene rings is 1. The Balaban J connectivity index is 2.40.